The Balaban J connectivity index is 0.000000134. The van der Waals surface area contributed by atoms with Gasteiger partial charge in [-0.2, -0.15) is 0 Å². The minimum Gasteiger partial charge on any atom is -0.361 e. The van der Waals surface area contributed by atoms with Gasteiger partial charge in [0, 0.05) is 17.4 Å². The van der Waals surface area contributed by atoms with Crippen molar-refractivity contribution in [3.8, 4) is 0 Å². The lowest BCUT2D eigenvalue weighted by Crippen LogP contribution is -2.01. The fraction of sp³-hybridized carbons (Fsp3) is 0.600. The number of rotatable bonds is 0. The Morgan fingerprint density at radius 1 is 1.28 bits per heavy atom. The average Bonchev–Trinajstić information content (AvgIpc) is 3.03. The molecule has 0 aromatic carbocycles. The Morgan fingerprint density at radius 2 is 2.00 bits per heavy atom. The summed E-state index contributed by atoms with van der Waals surface area (Å²) in [7, 11) is 0. The predicted molar refractivity (Wildman–Crippen MR) is 70.4 cm³/mol. The molecule has 3 rings (SSSR count). The summed E-state index contributed by atoms with van der Waals surface area (Å²) in [5.74, 6) is 2.35. The normalized spacial score (nSPS) is 28.2. The molecule has 2 aliphatic rings. The van der Waals surface area contributed by atoms with Crippen molar-refractivity contribution in [2.24, 2.45) is 5.92 Å². The lowest BCUT2D eigenvalue weighted by Gasteiger charge is -1.93. The van der Waals surface area contributed by atoms with E-state index in [9.17, 15) is 4.79 Å². The monoisotopic (exact) mass is 247 g/mol. The summed E-state index contributed by atoms with van der Waals surface area (Å²) >= 11 is 0. The number of Topliss-reactive ketones (excluding diaryl/α,β-unsaturated/α-hetero) is 1. The molecule has 2 atom stereocenters. The summed E-state index contributed by atoms with van der Waals surface area (Å²) in [5.41, 5.74) is 2.34. The van der Waals surface area contributed by atoms with E-state index in [-0.39, 0.29) is 5.92 Å². The fourth-order valence-electron chi connectivity index (χ4n) is 2.60. The summed E-state index contributed by atoms with van der Waals surface area (Å²) in [5, 5.41) is 3.72. The van der Waals surface area contributed by atoms with E-state index in [0.717, 1.165) is 30.6 Å². The van der Waals surface area contributed by atoms with Gasteiger partial charge in [0.2, 0.25) is 0 Å². The SMILES string of the molecule is CC1CCc2cnoc21.CC=C1CCC(C)C1=O. The van der Waals surface area contributed by atoms with Crippen LogP contribution < -0.4 is 0 Å². The highest BCUT2D eigenvalue weighted by Gasteiger charge is 2.24. The Bertz CT molecular complexity index is 459. The van der Waals surface area contributed by atoms with Crippen LogP contribution in [0.5, 0.6) is 0 Å². The van der Waals surface area contributed by atoms with Crippen LogP contribution in [-0.2, 0) is 11.2 Å². The molecule has 0 spiro atoms. The summed E-state index contributed by atoms with van der Waals surface area (Å²) < 4.78 is 5.04. The van der Waals surface area contributed by atoms with Crippen LogP contribution in [0.1, 0.15) is 57.3 Å². The van der Waals surface area contributed by atoms with Gasteiger partial charge < -0.3 is 4.52 Å². The molecule has 1 aromatic heterocycles. The first kappa shape index (κ1) is 13.1. The first-order chi connectivity index (χ1) is 8.63. The summed E-state index contributed by atoms with van der Waals surface area (Å²) in [4.78, 5) is 11.1. The fourth-order valence-corrected chi connectivity index (χ4v) is 2.60. The number of aromatic nitrogens is 1. The van der Waals surface area contributed by atoms with Gasteiger partial charge in [0.1, 0.15) is 5.76 Å². The summed E-state index contributed by atoms with van der Waals surface area (Å²) in [6.45, 7) is 6.11. The molecule has 3 heteroatoms. The molecule has 1 saturated carbocycles. The predicted octanol–water partition coefficient (Wildman–Crippen LogP) is 3.66. The second-order valence-corrected chi connectivity index (χ2v) is 5.27. The molecule has 0 aliphatic heterocycles. The molecule has 1 heterocycles. The van der Waals surface area contributed by atoms with Crippen LogP contribution in [-0.4, -0.2) is 10.9 Å². The molecular weight excluding hydrogens is 226 g/mol. The van der Waals surface area contributed by atoms with Crippen LogP contribution in [0.4, 0.5) is 0 Å². The number of carbonyl (C=O) groups is 1. The molecule has 18 heavy (non-hydrogen) atoms. The highest BCUT2D eigenvalue weighted by atomic mass is 16.5. The van der Waals surface area contributed by atoms with E-state index in [1.807, 2.05) is 26.1 Å². The van der Waals surface area contributed by atoms with Crippen LogP contribution in [0, 0.1) is 5.92 Å². The van der Waals surface area contributed by atoms with E-state index in [4.69, 9.17) is 4.52 Å². The third-order valence-electron chi connectivity index (χ3n) is 3.93. The quantitative estimate of drug-likeness (QED) is 0.657. The Kier molecular flexibility index (Phi) is 4.00. The summed E-state index contributed by atoms with van der Waals surface area (Å²) in [6.07, 6.45) is 8.20. The van der Waals surface area contributed by atoms with Crippen LogP contribution in [0.2, 0.25) is 0 Å². The summed E-state index contributed by atoms with van der Waals surface area (Å²) in [6, 6.07) is 0. The number of carbonyl (C=O) groups excluding carboxylic acids is 1. The molecule has 98 valence electrons. The molecule has 1 aromatic rings. The van der Waals surface area contributed by atoms with Gasteiger partial charge in [0.15, 0.2) is 5.78 Å². The van der Waals surface area contributed by atoms with Crippen LogP contribution in [0.25, 0.3) is 0 Å². The van der Waals surface area contributed by atoms with E-state index in [2.05, 4.69) is 12.1 Å². The molecule has 0 amide bonds. The molecule has 0 saturated heterocycles. The van der Waals surface area contributed by atoms with Gasteiger partial charge >= 0.3 is 0 Å². The van der Waals surface area contributed by atoms with Crippen LogP contribution in [0.3, 0.4) is 0 Å². The van der Waals surface area contributed by atoms with E-state index in [1.165, 1.54) is 12.0 Å². The maximum absolute atomic E-state index is 11.1. The second-order valence-electron chi connectivity index (χ2n) is 5.27. The van der Waals surface area contributed by atoms with E-state index >= 15 is 0 Å². The van der Waals surface area contributed by atoms with Gasteiger partial charge in [-0.05, 0) is 38.2 Å². The Morgan fingerprint density at radius 3 is 2.50 bits per heavy atom. The second kappa shape index (κ2) is 5.51. The molecule has 2 unspecified atom stereocenters. The van der Waals surface area contributed by atoms with Crippen molar-refractivity contribution in [2.75, 3.05) is 0 Å². The topological polar surface area (TPSA) is 43.1 Å². The smallest absolute Gasteiger partial charge is 0.161 e. The number of nitrogens with zero attached hydrogens (tertiary/aromatic N) is 1. The maximum atomic E-state index is 11.1. The number of aryl methyl sites for hydroxylation is 1. The van der Waals surface area contributed by atoms with Gasteiger partial charge in [0.05, 0.1) is 6.20 Å². The van der Waals surface area contributed by atoms with Crippen LogP contribution >= 0.6 is 0 Å². The van der Waals surface area contributed by atoms with Crippen LogP contribution in [0.15, 0.2) is 22.4 Å². The standard InChI is InChI=1S/C8H12O.C7H9NO/c1-3-7-5-4-6(2)8(7)9;1-5-2-3-6-4-8-9-7(5)6/h3,6H,4-5H2,1-2H3;4-5H,2-3H2,1H3. The molecule has 0 bridgehead atoms. The van der Waals surface area contributed by atoms with E-state index in [1.54, 1.807) is 0 Å². The zero-order chi connectivity index (χ0) is 13.1. The van der Waals surface area contributed by atoms with Crippen molar-refractivity contribution in [3.63, 3.8) is 0 Å². The Labute approximate surface area is 108 Å². The van der Waals surface area contributed by atoms with Crippen molar-refractivity contribution in [1.82, 2.24) is 5.16 Å². The van der Waals surface area contributed by atoms with Gasteiger partial charge in [-0.25, -0.2) is 0 Å². The first-order valence-corrected chi connectivity index (χ1v) is 6.76. The molecule has 3 nitrogen and oxygen atoms in total. The number of ketones is 1. The highest BCUT2D eigenvalue weighted by molar-refractivity contribution is 5.98. The largest absolute Gasteiger partial charge is 0.361 e. The van der Waals surface area contributed by atoms with Crippen molar-refractivity contribution in [1.29, 1.82) is 0 Å². The molecule has 2 aliphatic carbocycles. The zero-order valence-electron chi connectivity index (χ0n) is 11.4. The van der Waals surface area contributed by atoms with Gasteiger partial charge in [-0.3, -0.25) is 4.79 Å². The minimum atomic E-state index is 0.288. The number of hydrogen-bond acceptors (Lipinski definition) is 3. The molecular formula is C15H21NO2. The average molecular weight is 247 g/mol. The number of hydrogen-bond donors (Lipinski definition) is 0. The Hall–Kier alpha value is -1.38. The lowest BCUT2D eigenvalue weighted by molar-refractivity contribution is -0.117. The van der Waals surface area contributed by atoms with Crippen molar-refractivity contribution < 1.29 is 9.32 Å². The highest BCUT2D eigenvalue weighted by Crippen LogP contribution is 2.31. The third kappa shape index (κ3) is 2.55. The molecule has 0 N–H and O–H groups in total. The first-order valence-electron chi connectivity index (χ1n) is 6.76. The minimum absolute atomic E-state index is 0.288. The van der Waals surface area contributed by atoms with E-state index < -0.39 is 0 Å². The number of allylic oxidation sites excluding steroid dienone is 2. The van der Waals surface area contributed by atoms with E-state index in [0.29, 0.717) is 11.7 Å². The van der Waals surface area contributed by atoms with Crippen molar-refractivity contribution >= 4 is 5.78 Å². The van der Waals surface area contributed by atoms with Gasteiger partial charge in [0.25, 0.3) is 0 Å². The van der Waals surface area contributed by atoms with Gasteiger partial charge in [-0.1, -0.05) is 25.1 Å². The van der Waals surface area contributed by atoms with Gasteiger partial charge in [-0.15, -0.1) is 0 Å². The van der Waals surface area contributed by atoms with Crippen molar-refractivity contribution in [3.05, 3.63) is 29.2 Å². The maximum Gasteiger partial charge on any atom is 0.161 e. The number of fused-ring (bicyclic) bond motifs is 1. The molecule has 1 fully saturated rings. The lowest BCUT2D eigenvalue weighted by atomic mass is 10.1. The van der Waals surface area contributed by atoms with Crippen molar-refractivity contribution in [2.45, 2.75) is 52.4 Å². The zero-order valence-corrected chi connectivity index (χ0v) is 11.4. The molecule has 0 radical (unpaired) electrons. The third-order valence-corrected chi connectivity index (χ3v) is 3.93.